The molecule has 0 bridgehead atoms. The van der Waals surface area contributed by atoms with E-state index >= 15 is 0 Å². The van der Waals surface area contributed by atoms with E-state index in [0.29, 0.717) is 31.5 Å². The number of hydrogen-bond acceptors (Lipinski definition) is 3. The van der Waals surface area contributed by atoms with Gasteiger partial charge in [-0.3, -0.25) is 4.79 Å². The lowest BCUT2D eigenvalue weighted by Crippen LogP contribution is -2.38. The molecule has 1 aromatic rings. The smallest absolute Gasteiger partial charge is 0.236 e. The monoisotopic (exact) mass is 266 g/mol. The number of nitrogens with zero attached hydrogens (tertiary/aromatic N) is 1. The summed E-state index contributed by atoms with van der Waals surface area (Å²) in [7, 11) is 1.75. The lowest BCUT2D eigenvalue weighted by molar-refractivity contribution is -0.129. The Morgan fingerprint density at radius 2 is 2.11 bits per heavy atom. The van der Waals surface area contributed by atoms with Gasteiger partial charge in [0.05, 0.1) is 13.1 Å². The highest BCUT2D eigenvalue weighted by Gasteiger charge is 2.21. The fraction of sp³-hybridized carbons (Fsp3) is 0.500. The molecule has 0 atom stereocenters. The van der Waals surface area contributed by atoms with E-state index in [9.17, 15) is 9.18 Å². The zero-order valence-electron chi connectivity index (χ0n) is 11.1. The number of amides is 1. The Morgan fingerprint density at radius 1 is 1.42 bits per heavy atom. The highest BCUT2D eigenvalue weighted by atomic mass is 19.1. The molecule has 0 aliphatic heterocycles. The van der Waals surface area contributed by atoms with Crippen molar-refractivity contribution in [2.75, 3.05) is 26.7 Å². The summed E-state index contributed by atoms with van der Waals surface area (Å²) >= 11 is 0. The average molecular weight is 266 g/mol. The number of hydrogen-bond donors (Lipinski definition) is 1. The maximum Gasteiger partial charge on any atom is 0.236 e. The summed E-state index contributed by atoms with van der Waals surface area (Å²) in [5.41, 5.74) is 0. The largest absolute Gasteiger partial charge is 0.492 e. The molecule has 1 aliphatic rings. The molecule has 1 aromatic carbocycles. The molecule has 0 radical (unpaired) electrons. The summed E-state index contributed by atoms with van der Waals surface area (Å²) < 4.78 is 18.1. The van der Waals surface area contributed by atoms with Crippen LogP contribution in [0.4, 0.5) is 4.39 Å². The third-order valence-corrected chi connectivity index (χ3v) is 3.05. The van der Waals surface area contributed by atoms with Crippen molar-refractivity contribution in [2.45, 2.75) is 18.9 Å². The van der Waals surface area contributed by atoms with Crippen LogP contribution in [-0.2, 0) is 4.79 Å². The molecular formula is C14H19FN2O2. The third-order valence-electron chi connectivity index (χ3n) is 3.05. The number of carbonyl (C=O) groups excluding carboxylic acids is 1. The van der Waals surface area contributed by atoms with Crippen LogP contribution in [0.1, 0.15) is 12.8 Å². The molecule has 1 amide bonds. The van der Waals surface area contributed by atoms with Gasteiger partial charge in [0.2, 0.25) is 5.91 Å². The second-order valence-electron chi connectivity index (χ2n) is 4.77. The number of carbonyl (C=O) groups is 1. The minimum absolute atomic E-state index is 0.0645. The zero-order chi connectivity index (χ0) is 13.7. The molecule has 1 saturated carbocycles. The predicted molar refractivity (Wildman–Crippen MR) is 70.6 cm³/mol. The quantitative estimate of drug-likeness (QED) is 0.811. The van der Waals surface area contributed by atoms with Gasteiger partial charge in [-0.05, 0) is 37.1 Å². The molecule has 0 unspecified atom stereocenters. The van der Waals surface area contributed by atoms with Gasteiger partial charge in [-0.1, -0.05) is 0 Å². The van der Waals surface area contributed by atoms with Crippen LogP contribution < -0.4 is 10.1 Å². The molecule has 0 saturated heterocycles. The summed E-state index contributed by atoms with van der Waals surface area (Å²) in [6.07, 6.45) is 2.34. The first kappa shape index (κ1) is 13.8. The SMILES string of the molecule is CN(CCOc1ccc(F)cc1)C(=O)CNC1CC1. The van der Waals surface area contributed by atoms with Crippen molar-refractivity contribution in [1.29, 1.82) is 0 Å². The van der Waals surface area contributed by atoms with Gasteiger partial charge in [0.1, 0.15) is 18.2 Å². The van der Waals surface area contributed by atoms with E-state index < -0.39 is 0 Å². The maximum absolute atomic E-state index is 12.7. The summed E-state index contributed by atoms with van der Waals surface area (Å²) in [4.78, 5) is 13.4. The van der Waals surface area contributed by atoms with Gasteiger partial charge in [-0.2, -0.15) is 0 Å². The minimum Gasteiger partial charge on any atom is -0.492 e. The van der Waals surface area contributed by atoms with E-state index in [1.165, 1.54) is 25.0 Å². The topological polar surface area (TPSA) is 41.6 Å². The number of ether oxygens (including phenoxy) is 1. The fourth-order valence-corrected chi connectivity index (χ4v) is 1.61. The van der Waals surface area contributed by atoms with Crippen molar-refractivity contribution in [2.24, 2.45) is 0 Å². The number of halogens is 1. The van der Waals surface area contributed by atoms with Crippen LogP contribution >= 0.6 is 0 Å². The van der Waals surface area contributed by atoms with Crippen molar-refractivity contribution in [3.63, 3.8) is 0 Å². The predicted octanol–water partition coefficient (Wildman–Crippen LogP) is 1.41. The Kier molecular flexibility index (Phi) is 4.74. The van der Waals surface area contributed by atoms with Crippen molar-refractivity contribution in [3.05, 3.63) is 30.1 Å². The lowest BCUT2D eigenvalue weighted by Gasteiger charge is -2.17. The molecule has 104 valence electrons. The number of rotatable bonds is 7. The van der Waals surface area contributed by atoms with Crippen LogP contribution in [0, 0.1) is 5.82 Å². The number of benzene rings is 1. The van der Waals surface area contributed by atoms with E-state index in [0.717, 1.165) is 0 Å². The van der Waals surface area contributed by atoms with Gasteiger partial charge in [0.25, 0.3) is 0 Å². The molecule has 1 aliphatic carbocycles. The molecule has 5 heteroatoms. The molecule has 1 fully saturated rings. The van der Waals surface area contributed by atoms with E-state index in [1.807, 2.05) is 0 Å². The molecule has 0 heterocycles. The summed E-state index contributed by atoms with van der Waals surface area (Å²) in [5, 5.41) is 3.18. The van der Waals surface area contributed by atoms with E-state index in [2.05, 4.69) is 5.32 Å². The maximum atomic E-state index is 12.7. The normalized spacial score (nSPS) is 14.2. The molecule has 1 N–H and O–H groups in total. The van der Waals surface area contributed by atoms with Crippen LogP contribution in [0.15, 0.2) is 24.3 Å². The summed E-state index contributed by atoms with van der Waals surface area (Å²) in [6.45, 7) is 1.30. The first-order valence-corrected chi connectivity index (χ1v) is 6.51. The second kappa shape index (κ2) is 6.52. The Bertz CT molecular complexity index is 418. The highest BCUT2D eigenvalue weighted by molar-refractivity contribution is 5.78. The highest BCUT2D eigenvalue weighted by Crippen LogP contribution is 2.18. The summed E-state index contributed by atoms with van der Waals surface area (Å²) in [6, 6.07) is 6.39. The molecule has 0 spiro atoms. The Morgan fingerprint density at radius 3 is 2.74 bits per heavy atom. The minimum atomic E-state index is -0.286. The van der Waals surface area contributed by atoms with Gasteiger partial charge in [0.15, 0.2) is 0 Å². The second-order valence-corrected chi connectivity index (χ2v) is 4.77. The van der Waals surface area contributed by atoms with E-state index in [-0.39, 0.29) is 11.7 Å². The molecule has 0 aromatic heterocycles. The van der Waals surface area contributed by atoms with Gasteiger partial charge in [0, 0.05) is 13.1 Å². The van der Waals surface area contributed by atoms with Crippen LogP contribution in [0.3, 0.4) is 0 Å². The first-order valence-electron chi connectivity index (χ1n) is 6.51. The molecule has 19 heavy (non-hydrogen) atoms. The van der Waals surface area contributed by atoms with Gasteiger partial charge < -0.3 is 15.0 Å². The van der Waals surface area contributed by atoms with Gasteiger partial charge >= 0.3 is 0 Å². The van der Waals surface area contributed by atoms with Crippen LogP contribution in [0.25, 0.3) is 0 Å². The molecule has 4 nitrogen and oxygen atoms in total. The standard InChI is InChI=1S/C14H19FN2O2/c1-17(14(18)10-16-12-4-5-12)8-9-19-13-6-2-11(15)3-7-13/h2-3,6-7,12,16H,4-5,8-10H2,1H3. The van der Waals surface area contributed by atoms with Crippen LogP contribution in [0.5, 0.6) is 5.75 Å². The van der Waals surface area contributed by atoms with E-state index in [4.69, 9.17) is 4.74 Å². The lowest BCUT2D eigenvalue weighted by atomic mass is 10.3. The van der Waals surface area contributed by atoms with Gasteiger partial charge in [-0.15, -0.1) is 0 Å². The van der Waals surface area contributed by atoms with Crippen molar-refractivity contribution < 1.29 is 13.9 Å². The number of likely N-dealkylation sites (N-methyl/N-ethyl adjacent to an activating group) is 1. The van der Waals surface area contributed by atoms with Crippen molar-refractivity contribution in [1.82, 2.24) is 10.2 Å². The first-order chi connectivity index (χ1) is 9.15. The Labute approximate surface area is 112 Å². The van der Waals surface area contributed by atoms with E-state index in [1.54, 1.807) is 24.1 Å². The number of nitrogens with one attached hydrogen (secondary N) is 1. The fourth-order valence-electron chi connectivity index (χ4n) is 1.61. The Balaban J connectivity index is 1.63. The third kappa shape index (κ3) is 4.87. The van der Waals surface area contributed by atoms with Gasteiger partial charge in [-0.25, -0.2) is 4.39 Å². The van der Waals surface area contributed by atoms with Crippen molar-refractivity contribution in [3.8, 4) is 5.75 Å². The average Bonchev–Trinajstić information content (AvgIpc) is 3.22. The molecule has 2 rings (SSSR count). The summed E-state index contributed by atoms with van der Waals surface area (Å²) in [5.74, 6) is 0.388. The van der Waals surface area contributed by atoms with Crippen LogP contribution in [-0.4, -0.2) is 43.6 Å². The molecular weight excluding hydrogens is 247 g/mol. The zero-order valence-corrected chi connectivity index (χ0v) is 11.1. The van der Waals surface area contributed by atoms with Crippen molar-refractivity contribution >= 4 is 5.91 Å². The Hall–Kier alpha value is -1.62. The van der Waals surface area contributed by atoms with Crippen LogP contribution in [0.2, 0.25) is 0 Å².